The molecule has 0 radical (unpaired) electrons. The summed E-state index contributed by atoms with van der Waals surface area (Å²) >= 11 is 1.47. The lowest BCUT2D eigenvalue weighted by Gasteiger charge is -2.09. The molecule has 1 unspecified atom stereocenters. The molecule has 11 heavy (non-hydrogen) atoms. The van der Waals surface area contributed by atoms with Crippen molar-refractivity contribution in [2.45, 2.75) is 12.2 Å². The molecule has 1 aliphatic heterocycles. The molecule has 0 aromatic heterocycles. The number of carbonyl (C=O) groups is 1. The van der Waals surface area contributed by atoms with Crippen molar-refractivity contribution < 1.29 is 9.53 Å². The number of hydrogen-bond acceptors (Lipinski definition) is 3. The van der Waals surface area contributed by atoms with Gasteiger partial charge >= 0.3 is 5.97 Å². The van der Waals surface area contributed by atoms with Crippen LogP contribution in [0.25, 0.3) is 0 Å². The highest BCUT2D eigenvalue weighted by Crippen LogP contribution is 2.19. The average molecular weight is 170 g/mol. The number of rotatable bonds is 2. The lowest BCUT2D eigenvalue weighted by atomic mass is 10.3. The summed E-state index contributed by atoms with van der Waals surface area (Å²) in [7, 11) is 0. The van der Waals surface area contributed by atoms with Gasteiger partial charge in [-0.1, -0.05) is 18.2 Å². The van der Waals surface area contributed by atoms with E-state index < -0.39 is 0 Å². The van der Waals surface area contributed by atoms with Crippen LogP contribution in [0.4, 0.5) is 0 Å². The van der Waals surface area contributed by atoms with Crippen molar-refractivity contribution in [1.29, 1.82) is 0 Å². The Balaban J connectivity index is 2.42. The monoisotopic (exact) mass is 170 g/mol. The van der Waals surface area contributed by atoms with Crippen LogP contribution in [0.2, 0.25) is 0 Å². The zero-order valence-electron chi connectivity index (χ0n) is 6.32. The summed E-state index contributed by atoms with van der Waals surface area (Å²) in [5.74, 6) is -0.155. The minimum atomic E-state index is -0.155. The predicted molar refractivity (Wildman–Crippen MR) is 46.3 cm³/mol. The van der Waals surface area contributed by atoms with E-state index in [2.05, 4.69) is 0 Å². The van der Waals surface area contributed by atoms with E-state index in [0.717, 1.165) is 0 Å². The predicted octanol–water partition coefficient (Wildman–Crippen LogP) is 1.73. The molecule has 0 aromatic carbocycles. The number of carbonyl (C=O) groups excluding carboxylic acids is 1. The molecule has 0 saturated carbocycles. The van der Waals surface area contributed by atoms with Crippen molar-refractivity contribution in [3.8, 4) is 0 Å². The molecule has 1 rings (SSSR count). The van der Waals surface area contributed by atoms with Gasteiger partial charge in [0.05, 0.1) is 6.61 Å². The summed E-state index contributed by atoms with van der Waals surface area (Å²) in [4.78, 5) is 11.1. The molecule has 1 atom stereocenters. The number of thioether (sulfide) groups is 1. The van der Waals surface area contributed by atoms with Crippen molar-refractivity contribution in [3.05, 3.63) is 23.6 Å². The van der Waals surface area contributed by atoms with Gasteiger partial charge in [-0.3, -0.25) is 4.79 Å². The highest BCUT2D eigenvalue weighted by atomic mass is 32.2. The van der Waals surface area contributed by atoms with Crippen molar-refractivity contribution in [3.63, 3.8) is 0 Å². The van der Waals surface area contributed by atoms with Gasteiger partial charge in [0.15, 0.2) is 0 Å². The van der Waals surface area contributed by atoms with Gasteiger partial charge < -0.3 is 4.74 Å². The number of ether oxygens (including phenoxy) is 1. The van der Waals surface area contributed by atoms with Crippen molar-refractivity contribution in [1.82, 2.24) is 0 Å². The summed E-state index contributed by atoms with van der Waals surface area (Å²) in [6.07, 6.45) is 5.60. The molecule has 3 heteroatoms. The van der Waals surface area contributed by atoms with E-state index in [4.69, 9.17) is 4.74 Å². The van der Waals surface area contributed by atoms with Crippen LogP contribution in [0.5, 0.6) is 0 Å². The normalized spacial score (nSPS) is 21.7. The molecule has 2 nitrogen and oxygen atoms in total. The molecule has 0 aromatic rings. The van der Waals surface area contributed by atoms with Crippen LogP contribution in [-0.4, -0.2) is 17.8 Å². The van der Waals surface area contributed by atoms with Gasteiger partial charge in [-0.2, -0.15) is 0 Å². The summed E-state index contributed by atoms with van der Waals surface area (Å²) in [5.41, 5.74) is 0. The maximum Gasteiger partial charge on any atom is 0.323 e. The Morgan fingerprint density at radius 1 is 1.64 bits per heavy atom. The number of esters is 1. The highest BCUT2D eigenvalue weighted by Gasteiger charge is 2.16. The van der Waals surface area contributed by atoms with E-state index in [1.165, 1.54) is 11.8 Å². The van der Waals surface area contributed by atoms with E-state index in [0.29, 0.717) is 6.61 Å². The maximum absolute atomic E-state index is 11.1. The first-order valence-corrected chi connectivity index (χ1v) is 4.44. The fraction of sp³-hybridized carbons (Fsp3) is 0.375. The first kappa shape index (κ1) is 8.40. The third-order valence-electron chi connectivity index (χ3n) is 1.22. The molecule has 1 aliphatic rings. The molecule has 1 heterocycles. The van der Waals surface area contributed by atoms with Gasteiger partial charge in [-0.15, -0.1) is 11.8 Å². The second kappa shape index (κ2) is 4.23. The fourth-order valence-corrected chi connectivity index (χ4v) is 1.46. The zero-order valence-corrected chi connectivity index (χ0v) is 7.14. The molecular formula is C8H10O2S. The van der Waals surface area contributed by atoms with Crippen LogP contribution in [0.3, 0.4) is 0 Å². The van der Waals surface area contributed by atoms with Gasteiger partial charge in [0.1, 0.15) is 5.25 Å². The first-order chi connectivity index (χ1) is 5.34. The van der Waals surface area contributed by atoms with E-state index in [-0.39, 0.29) is 11.2 Å². The second-order valence-electron chi connectivity index (χ2n) is 2.02. The average Bonchev–Trinajstić information content (AvgIpc) is 2.07. The Hall–Kier alpha value is -0.700. The molecule has 0 fully saturated rings. The van der Waals surface area contributed by atoms with E-state index in [1.54, 1.807) is 0 Å². The first-order valence-electron chi connectivity index (χ1n) is 3.50. The standard InChI is InChI=1S/C8H10O2S/c1-2-10-8(9)7-5-3-4-6-11-7/h3-7H,2H2,1H3. The molecular weight excluding hydrogens is 160 g/mol. The second-order valence-corrected chi connectivity index (χ2v) is 3.07. The molecule has 60 valence electrons. The lowest BCUT2D eigenvalue weighted by molar-refractivity contribution is -0.141. The molecule has 0 N–H and O–H groups in total. The van der Waals surface area contributed by atoms with Gasteiger partial charge in [-0.05, 0) is 12.3 Å². The molecule has 0 aliphatic carbocycles. The quantitative estimate of drug-likeness (QED) is 0.590. The largest absolute Gasteiger partial charge is 0.465 e. The van der Waals surface area contributed by atoms with Crippen molar-refractivity contribution >= 4 is 17.7 Å². The Bertz CT molecular complexity index is 196. The SMILES string of the molecule is CCOC(=O)C1C=CC=CS1. The Morgan fingerprint density at radius 2 is 2.45 bits per heavy atom. The third-order valence-corrected chi connectivity index (χ3v) is 2.18. The fourth-order valence-electron chi connectivity index (χ4n) is 0.744. The molecule has 0 spiro atoms. The Labute approximate surface area is 70.3 Å². The summed E-state index contributed by atoms with van der Waals surface area (Å²) in [5, 5.41) is 1.75. The summed E-state index contributed by atoms with van der Waals surface area (Å²) in [6.45, 7) is 2.26. The minimum Gasteiger partial charge on any atom is -0.465 e. The van der Waals surface area contributed by atoms with Crippen molar-refractivity contribution in [2.24, 2.45) is 0 Å². The topological polar surface area (TPSA) is 26.3 Å². The van der Waals surface area contributed by atoms with Crippen LogP contribution in [0, 0.1) is 0 Å². The van der Waals surface area contributed by atoms with Crippen LogP contribution >= 0.6 is 11.8 Å². The Morgan fingerprint density at radius 3 is 3.00 bits per heavy atom. The summed E-state index contributed by atoms with van der Waals surface area (Å²) < 4.78 is 4.84. The third kappa shape index (κ3) is 2.42. The van der Waals surface area contributed by atoms with Crippen LogP contribution < -0.4 is 0 Å². The number of hydrogen-bond donors (Lipinski definition) is 0. The van der Waals surface area contributed by atoms with Gasteiger partial charge in [-0.25, -0.2) is 0 Å². The Kier molecular flexibility index (Phi) is 3.23. The van der Waals surface area contributed by atoms with Gasteiger partial charge in [0.2, 0.25) is 0 Å². The van der Waals surface area contributed by atoms with Crippen LogP contribution in [-0.2, 0) is 9.53 Å². The molecule has 0 amide bonds. The van der Waals surface area contributed by atoms with Gasteiger partial charge in [0, 0.05) is 0 Å². The maximum atomic E-state index is 11.1. The van der Waals surface area contributed by atoms with E-state index in [1.807, 2.05) is 30.6 Å². The van der Waals surface area contributed by atoms with Crippen LogP contribution in [0.1, 0.15) is 6.92 Å². The van der Waals surface area contributed by atoms with E-state index in [9.17, 15) is 4.79 Å². The van der Waals surface area contributed by atoms with Crippen LogP contribution in [0.15, 0.2) is 23.6 Å². The van der Waals surface area contributed by atoms with Crippen molar-refractivity contribution in [2.75, 3.05) is 6.61 Å². The lowest BCUT2D eigenvalue weighted by Crippen LogP contribution is -2.18. The molecule has 0 saturated heterocycles. The summed E-state index contributed by atoms with van der Waals surface area (Å²) in [6, 6.07) is 0. The highest BCUT2D eigenvalue weighted by molar-refractivity contribution is 8.03. The number of allylic oxidation sites excluding steroid dienone is 2. The van der Waals surface area contributed by atoms with E-state index >= 15 is 0 Å². The zero-order chi connectivity index (χ0) is 8.10. The molecule has 0 bridgehead atoms. The minimum absolute atomic E-state index is 0.139. The smallest absolute Gasteiger partial charge is 0.323 e. The van der Waals surface area contributed by atoms with Gasteiger partial charge in [0.25, 0.3) is 0 Å².